The van der Waals surface area contributed by atoms with Crippen molar-refractivity contribution in [3.8, 4) is 0 Å². The van der Waals surface area contributed by atoms with Gasteiger partial charge >= 0.3 is 0 Å². The molecule has 3 atom stereocenters. The van der Waals surface area contributed by atoms with Crippen LogP contribution in [-0.2, 0) is 15.0 Å². The Morgan fingerprint density at radius 1 is 1.52 bits per heavy atom. The average molecular weight is 447 g/mol. The number of rotatable bonds is 5. The number of fused-ring (bicyclic) bond motifs is 1. The number of aliphatic imine (C=N–C) groups is 1. The Morgan fingerprint density at radius 3 is 3.10 bits per heavy atom. The maximum atomic E-state index is 15.0. The third-order valence-electron chi connectivity index (χ3n) is 5.45. The molecule has 2 aromatic rings. The van der Waals surface area contributed by atoms with Crippen molar-refractivity contribution in [2.75, 3.05) is 31.4 Å². The summed E-state index contributed by atoms with van der Waals surface area (Å²) in [5.74, 6) is -0.330. The van der Waals surface area contributed by atoms with Gasteiger partial charge in [-0.05, 0) is 24.6 Å². The van der Waals surface area contributed by atoms with Gasteiger partial charge in [-0.1, -0.05) is 11.8 Å². The van der Waals surface area contributed by atoms with Gasteiger partial charge < -0.3 is 25.5 Å². The molecule has 0 bridgehead atoms. The molecule has 1 aromatic heterocycles. The van der Waals surface area contributed by atoms with E-state index in [4.69, 9.17) is 15.2 Å². The van der Waals surface area contributed by atoms with E-state index in [0.717, 1.165) is 6.20 Å². The van der Waals surface area contributed by atoms with E-state index in [-0.39, 0.29) is 24.3 Å². The first-order valence-electron chi connectivity index (χ1n) is 9.66. The van der Waals surface area contributed by atoms with E-state index in [0.29, 0.717) is 35.2 Å². The van der Waals surface area contributed by atoms with E-state index in [2.05, 4.69) is 20.3 Å². The minimum absolute atomic E-state index is 0.0139. The number of ether oxygens (including phenoxy) is 2. The number of benzene rings is 1. The molecule has 0 saturated carbocycles. The van der Waals surface area contributed by atoms with Gasteiger partial charge in [0.25, 0.3) is 11.5 Å². The monoisotopic (exact) mass is 447 g/mol. The number of hydrogen-bond donors (Lipinski definition) is 3. The van der Waals surface area contributed by atoms with Gasteiger partial charge in [0.2, 0.25) is 0 Å². The van der Waals surface area contributed by atoms with E-state index in [1.54, 1.807) is 13.2 Å². The molecule has 11 heteroatoms. The topological polar surface area (TPSA) is 132 Å². The number of nitrogens with zero attached hydrogens (tertiary/aromatic N) is 2. The van der Waals surface area contributed by atoms with Gasteiger partial charge in [-0.2, -0.15) is 0 Å². The molecule has 2 aliphatic rings. The summed E-state index contributed by atoms with van der Waals surface area (Å²) in [6.07, 6.45) is 2.78. The Hall–Kier alpha value is -2.76. The van der Waals surface area contributed by atoms with Gasteiger partial charge in [0, 0.05) is 36.2 Å². The molecule has 0 radical (unpaired) electrons. The van der Waals surface area contributed by atoms with E-state index in [9.17, 15) is 9.59 Å². The number of thioether (sulfide) groups is 1. The number of H-pyrrole nitrogens is 1. The van der Waals surface area contributed by atoms with Crippen LogP contribution in [0.25, 0.3) is 0 Å². The van der Waals surface area contributed by atoms with Crippen molar-refractivity contribution in [3.05, 3.63) is 58.0 Å². The number of hydrogen-bond acceptors (Lipinski definition) is 8. The highest BCUT2D eigenvalue weighted by Gasteiger charge is 2.49. The fourth-order valence-electron chi connectivity index (χ4n) is 3.94. The van der Waals surface area contributed by atoms with Crippen LogP contribution in [0.2, 0.25) is 0 Å². The summed E-state index contributed by atoms with van der Waals surface area (Å²) in [5.41, 5.74) is 5.32. The summed E-state index contributed by atoms with van der Waals surface area (Å²) in [6, 6.07) is 4.29. The quantitative estimate of drug-likeness (QED) is 0.632. The fourth-order valence-corrected chi connectivity index (χ4v) is 4.95. The molecule has 1 fully saturated rings. The predicted molar refractivity (Wildman–Crippen MR) is 115 cm³/mol. The lowest BCUT2D eigenvalue weighted by Crippen LogP contribution is -2.51. The molecule has 2 aliphatic heterocycles. The van der Waals surface area contributed by atoms with Gasteiger partial charge in [0.15, 0.2) is 5.17 Å². The Bertz CT molecular complexity index is 1060. The van der Waals surface area contributed by atoms with Crippen LogP contribution >= 0.6 is 11.8 Å². The lowest BCUT2D eigenvalue weighted by Gasteiger charge is -2.46. The highest BCUT2D eigenvalue weighted by molar-refractivity contribution is 8.13. The second-order valence-electron chi connectivity index (χ2n) is 7.45. The van der Waals surface area contributed by atoms with Gasteiger partial charge in [0.1, 0.15) is 17.1 Å². The van der Waals surface area contributed by atoms with Crippen molar-refractivity contribution in [1.29, 1.82) is 0 Å². The summed E-state index contributed by atoms with van der Waals surface area (Å²) in [5, 5.41) is 3.05. The smallest absolute Gasteiger partial charge is 0.275 e. The SMILES string of the molecule is COC[C@H]1CC2CSC(N)=NC2(c2cc(NC(=O)c3c[nH]c(=O)cn3)ccc2F)CO1. The molecule has 1 amide bonds. The van der Waals surface area contributed by atoms with Crippen LogP contribution in [0.15, 0.2) is 40.4 Å². The Kier molecular flexibility index (Phi) is 6.08. The van der Waals surface area contributed by atoms with Crippen molar-refractivity contribution in [2.45, 2.75) is 18.1 Å². The van der Waals surface area contributed by atoms with Crippen LogP contribution in [0.1, 0.15) is 22.5 Å². The number of methoxy groups -OCH3 is 1. The van der Waals surface area contributed by atoms with E-state index < -0.39 is 22.8 Å². The maximum absolute atomic E-state index is 15.0. The van der Waals surface area contributed by atoms with Crippen LogP contribution in [0.3, 0.4) is 0 Å². The second-order valence-corrected chi connectivity index (χ2v) is 8.49. The molecule has 0 spiro atoms. The zero-order valence-electron chi connectivity index (χ0n) is 16.8. The molecular formula is C20H22FN5O4S. The van der Waals surface area contributed by atoms with E-state index in [1.165, 1.54) is 30.1 Å². The molecule has 31 heavy (non-hydrogen) atoms. The molecule has 0 aliphatic carbocycles. The van der Waals surface area contributed by atoms with E-state index in [1.807, 2.05) is 0 Å². The Labute approximate surface area is 181 Å². The van der Waals surface area contributed by atoms with Crippen molar-refractivity contribution in [3.63, 3.8) is 0 Å². The maximum Gasteiger partial charge on any atom is 0.275 e. The number of nitrogens with two attached hydrogens (primary N) is 1. The molecule has 1 saturated heterocycles. The molecular weight excluding hydrogens is 425 g/mol. The number of anilines is 1. The van der Waals surface area contributed by atoms with Crippen molar-refractivity contribution in [1.82, 2.24) is 9.97 Å². The Morgan fingerprint density at radius 2 is 2.35 bits per heavy atom. The lowest BCUT2D eigenvalue weighted by atomic mass is 9.75. The minimum atomic E-state index is -0.985. The number of aromatic nitrogens is 2. The van der Waals surface area contributed by atoms with Crippen LogP contribution < -0.4 is 16.6 Å². The third-order valence-corrected chi connectivity index (χ3v) is 6.41. The molecule has 3 heterocycles. The fraction of sp³-hybridized carbons (Fsp3) is 0.400. The van der Waals surface area contributed by atoms with Gasteiger partial charge in [-0.15, -0.1) is 0 Å². The predicted octanol–water partition coefficient (Wildman–Crippen LogP) is 1.47. The number of carbonyl (C=O) groups excluding carboxylic acids is 1. The number of amides is 1. The van der Waals surface area contributed by atoms with Crippen LogP contribution in [0.4, 0.5) is 10.1 Å². The highest BCUT2D eigenvalue weighted by atomic mass is 32.2. The van der Waals surface area contributed by atoms with Crippen LogP contribution in [-0.4, -0.2) is 53.2 Å². The first-order chi connectivity index (χ1) is 14.9. The standard InChI is InChI=1S/C20H22FN5O4S/c1-29-8-13-4-11-9-31-19(22)26-20(11,10-30-13)14-5-12(2-3-15(14)21)25-18(28)16-6-24-17(27)7-23-16/h2-3,5-7,11,13H,4,8-10H2,1H3,(H2,22,26)(H,24,27)(H,25,28)/t11?,13-,20?/m1/s1. The van der Waals surface area contributed by atoms with Gasteiger partial charge in [-0.3, -0.25) is 9.59 Å². The molecule has 164 valence electrons. The summed E-state index contributed by atoms with van der Waals surface area (Å²) in [7, 11) is 1.61. The zero-order chi connectivity index (χ0) is 22.0. The number of carbonyl (C=O) groups is 1. The average Bonchev–Trinajstić information content (AvgIpc) is 2.76. The normalized spacial score (nSPS) is 25.4. The molecule has 2 unspecified atom stereocenters. The van der Waals surface area contributed by atoms with Crippen molar-refractivity contribution in [2.24, 2.45) is 16.6 Å². The number of aromatic amines is 1. The molecule has 1 aromatic carbocycles. The second kappa shape index (κ2) is 8.77. The molecule has 9 nitrogen and oxygen atoms in total. The number of amidine groups is 1. The molecule has 4 rings (SSSR count). The van der Waals surface area contributed by atoms with Crippen molar-refractivity contribution < 1.29 is 18.7 Å². The highest BCUT2D eigenvalue weighted by Crippen LogP contribution is 2.47. The first-order valence-corrected chi connectivity index (χ1v) is 10.6. The number of nitrogens with one attached hydrogen (secondary N) is 2. The molecule has 4 N–H and O–H groups in total. The Balaban J connectivity index is 1.66. The summed E-state index contributed by atoms with van der Waals surface area (Å²) in [6.45, 7) is 0.601. The number of halogens is 1. The lowest BCUT2D eigenvalue weighted by molar-refractivity contribution is -0.0836. The van der Waals surface area contributed by atoms with Gasteiger partial charge in [-0.25, -0.2) is 14.4 Å². The zero-order valence-corrected chi connectivity index (χ0v) is 17.6. The van der Waals surface area contributed by atoms with Crippen LogP contribution in [0, 0.1) is 11.7 Å². The van der Waals surface area contributed by atoms with Gasteiger partial charge in [0.05, 0.1) is 25.5 Å². The third kappa shape index (κ3) is 4.34. The minimum Gasteiger partial charge on any atom is -0.382 e. The summed E-state index contributed by atoms with van der Waals surface area (Å²) in [4.78, 5) is 34.4. The van der Waals surface area contributed by atoms with Crippen LogP contribution in [0.5, 0.6) is 0 Å². The van der Waals surface area contributed by atoms with E-state index >= 15 is 4.39 Å². The summed E-state index contributed by atoms with van der Waals surface area (Å²) >= 11 is 1.44. The summed E-state index contributed by atoms with van der Waals surface area (Å²) < 4.78 is 26.2. The largest absolute Gasteiger partial charge is 0.382 e. The first kappa shape index (κ1) is 21.5. The van der Waals surface area contributed by atoms with Crippen molar-refractivity contribution >= 4 is 28.5 Å².